The highest BCUT2D eigenvalue weighted by atomic mass is 19.3. The van der Waals surface area contributed by atoms with Gasteiger partial charge >= 0.3 is 6.29 Å². The Morgan fingerprint density at radius 1 is 1.00 bits per heavy atom. The van der Waals surface area contributed by atoms with Crippen LogP contribution < -0.4 is 18.9 Å². The summed E-state index contributed by atoms with van der Waals surface area (Å²) in [6, 6.07) is 12.5. The largest absolute Gasteiger partial charge is 0.586 e. The third-order valence-electron chi connectivity index (χ3n) is 2.94. The molecule has 4 rings (SSSR count). The quantitative estimate of drug-likeness (QED) is 0.801. The molecule has 20 heavy (non-hydrogen) atoms. The van der Waals surface area contributed by atoms with Crippen molar-refractivity contribution in [2.45, 2.75) is 12.6 Å². The topological polar surface area (TPSA) is 36.9 Å². The van der Waals surface area contributed by atoms with Gasteiger partial charge in [-0.2, -0.15) is 0 Å². The van der Waals surface area contributed by atoms with Crippen LogP contribution in [0.1, 0.15) is 11.9 Å². The first-order chi connectivity index (χ1) is 9.61. The Morgan fingerprint density at radius 2 is 1.85 bits per heavy atom. The Labute approximate surface area is 112 Å². The second-order valence-electron chi connectivity index (χ2n) is 4.30. The fraction of sp³-hybridized carbons (Fsp3) is 0.143. The second kappa shape index (κ2) is 3.75. The number of hydrogen-bond acceptors (Lipinski definition) is 4. The second-order valence-corrected chi connectivity index (χ2v) is 4.30. The van der Waals surface area contributed by atoms with E-state index >= 15 is 0 Å². The van der Waals surface area contributed by atoms with E-state index in [1.807, 2.05) is 0 Å². The molecule has 0 bridgehead atoms. The first-order valence-electron chi connectivity index (χ1n) is 5.84. The fourth-order valence-corrected chi connectivity index (χ4v) is 2.09. The highest BCUT2D eigenvalue weighted by molar-refractivity contribution is 5.47. The lowest BCUT2D eigenvalue weighted by molar-refractivity contribution is -0.286. The lowest BCUT2D eigenvalue weighted by atomic mass is 10.2. The molecule has 2 heterocycles. The maximum absolute atomic E-state index is 12.9. The summed E-state index contributed by atoms with van der Waals surface area (Å²) in [7, 11) is 0. The molecule has 101 valence electrons. The first kappa shape index (κ1) is 11.3. The molecule has 0 aromatic heterocycles. The molecular weight excluding hydrogens is 270 g/mol. The zero-order valence-corrected chi connectivity index (χ0v) is 9.93. The average Bonchev–Trinajstić information content (AvgIpc) is 2.96. The minimum Gasteiger partial charge on any atom is -0.447 e. The molecule has 4 nitrogen and oxygen atoms in total. The van der Waals surface area contributed by atoms with Crippen molar-refractivity contribution in [2.24, 2.45) is 0 Å². The Hall–Kier alpha value is -2.50. The van der Waals surface area contributed by atoms with Crippen LogP contribution in [0, 0.1) is 6.07 Å². The molecule has 1 atom stereocenters. The van der Waals surface area contributed by atoms with Crippen LogP contribution in [0.5, 0.6) is 23.0 Å². The van der Waals surface area contributed by atoms with E-state index in [0.29, 0.717) is 17.1 Å². The molecule has 0 aliphatic carbocycles. The van der Waals surface area contributed by atoms with E-state index in [-0.39, 0.29) is 11.5 Å². The number of halogens is 2. The Morgan fingerprint density at radius 3 is 2.70 bits per heavy atom. The first-order valence-corrected chi connectivity index (χ1v) is 5.84. The number of para-hydroxylation sites is 1. The van der Waals surface area contributed by atoms with Crippen LogP contribution in [0.3, 0.4) is 0 Å². The van der Waals surface area contributed by atoms with E-state index in [9.17, 15) is 8.78 Å². The van der Waals surface area contributed by atoms with Crippen LogP contribution in [0.4, 0.5) is 8.78 Å². The molecule has 0 saturated heterocycles. The van der Waals surface area contributed by atoms with Crippen molar-refractivity contribution in [3.63, 3.8) is 0 Å². The molecule has 0 saturated carbocycles. The predicted molar refractivity (Wildman–Crippen MR) is 61.9 cm³/mol. The van der Waals surface area contributed by atoms with E-state index in [4.69, 9.17) is 9.47 Å². The maximum atomic E-state index is 12.9. The number of ether oxygens (including phenoxy) is 4. The van der Waals surface area contributed by atoms with E-state index < -0.39 is 12.6 Å². The molecule has 0 fully saturated rings. The van der Waals surface area contributed by atoms with Crippen LogP contribution in [0.15, 0.2) is 36.4 Å². The Balaban J connectivity index is 1.63. The van der Waals surface area contributed by atoms with Crippen molar-refractivity contribution in [3.8, 4) is 23.0 Å². The summed E-state index contributed by atoms with van der Waals surface area (Å²) < 4.78 is 45.7. The van der Waals surface area contributed by atoms with Crippen LogP contribution in [0.25, 0.3) is 0 Å². The third kappa shape index (κ3) is 1.72. The van der Waals surface area contributed by atoms with Crippen molar-refractivity contribution < 1.29 is 27.7 Å². The summed E-state index contributed by atoms with van der Waals surface area (Å²) in [6.07, 6.45) is -4.35. The molecule has 1 unspecified atom stereocenters. The zero-order valence-electron chi connectivity index (χ0n) is 9.93. The summed E-state index contributed by atoms with van der Waals surface area (Å²) in [6.45, 7) is 0. The predicted octanol–water partition coefficient (Wildman–Crippen LogP) is 3.28. The van der Waals surface area contributed by atoms with Crippen LogP contribution in [0.2, 0.25) is 0 Å². The average molecular weight is 277 g/mol. The summed E-state index contributed by atoms with van der Waals surface area (Å²) in [5, 5.41) is 0. The van der Waals surface area contributed by atoms with Crippen molar-refractivity contribution in [1.82, 2.24) is 0 Å². The monoisotopic (exact) mass is 277 g/mol. The Kier molecular flexibility index (Phi) is 2.13. The molecule has 1 radical (unpaired) electrons. The van der Waals surface area contributed by atoms with Gasteiger partial charge in [0.15, 0.2) is 23.0 Å². The zero-order chi connectivity index (χ0) is 13.7. The van der Waals surface area contributed by atoms with Gasteiger partial charge in [0.1, 0.15) is 0 Å². The van der Waals surface area contributed by atoms with E-state index in [0.717, 1.165) is 0 Å². The minimum absolute atomic E-state index is 0.0131. The third-order valence-corrected chi connectivity index (χ3v) is 2.94. The standard InChI is InChI=1S/C14H7F2O4/c15-14(16)19-11-6-5-8(7-12(11)20-14)13-17-9-3-1-2-4-10(9)18-13/h1-3,5-7,13H. The van der Waals surface area contributed by atoms with Gasteiger partial charge in [0, 0.05) is 11.6 Å². The van der Waals surface area contributed by atoms with E-state index in [1.165, 1.54) is 12.1 Å². The van der Waals surface area contributed by atoms with Crippen LogP contribution in [-0.4, -0.2) is 6.29 Å². The maximum Gasteiger partial charge on any atom is 0.586 e. The molecule has 2 aliphatic heterocycles. The van der Waals surface area contributed by atoms with Gasteiger partial charge in [0.05, 0.1) is 0 Å². The molecule has 0 spiro atoms. The van der Waals surface area contributed by atoms with Gasteiger partial charge in [-0.25, -0.2) is 0 Å². The number of fused-ring (bicyclic) bond motifs is 2. The highest BCUT2D eigenvalue weighted by Gasteiger charge is 2.43. The number of rotatable bonds is 1. The molecule has 2 aromatic rings. The van der Waals surface area contributed by atoms with Gasteiger partial charge in [0.2, 0.25) is 0 Å². The number of hydrogen-bond donors (Lipinski definition) is 0. The lowest BCUT2D eigenvalue weighted by Crippen LogP contribution is -2.25. The number of benzene rings is 2. The van der Waals surface area contributed by atoms with Crippen molar-refractivity contribution in [1.29, 1.82) is 0 Å². The van der Waals surface area contributed by atoms with Gasteiger partial charge < -0.3 is 18.9 Å². The highest BCUT2D eigenvalue weighted by Crippen LogP contribution is 2.45. The van der Waals surface area contributed by atoms with Crippen LogP contribution >= 0.6 is 0 Å². The van der Waals surface area contributed by atoms with Crippen molar-refractivity contribution in [2.75, 3.05) is 0 Å². The van der Waals surface area contributed by atoms with Gasteiger partial charge in [-0.05, 0) is 24.3 Å². The van der Waals surface area contributed by atoms with Gasteiger partial charge in [-0.1, -0.05) is 12.1 Å². The SMILES string of the molecule is FC1(F)Oc2ccc(C3Oc4[c]cccc4O3)cc2O1. The summed E-state index contributed by atoms with van der Waals surface area (Å²) in [5.41, 5.74) is 0.551. The van der Waals surface area contributed by atoms with Gasteiger partial charge in [-0.3, -0.25) is 0 Å². The summed E-state index contributed by atoms with van der Waals surface area (Å²) in [5.74, 6) is 0.987. The number of alkyl halides is 2. The summed E-state index contributed by atoms with van der Waals surface area (Å²) >= 11 is 0. The molecule has 0 amide bonds. The fourth-order valence-electron chi connectivity index (χ4n) is 2.09. The molecular formula is C14H7F2O4. The van der Waals surface area contributed by atoms with E-state index in [1.54, 1.807) is 24.3 Å². The van der Waals surface area contributed by atoms with Crippen molar-refractivity contribution in [3.05, 3.63) is 48.0 Å². The molecule has 2 aliphatic rings. The molecule has 0 N–H and O–H groups in total. The molecule has 2 aromatic carbocycles. The minimum atomic E-state index is -3.63. The normalized spacial score (nSPS) is 18.3. The van der Waals surface area contributed by atoms with Crippen molar-refractivity contribution >= 4 is 0 Å². The summed E-state index contributed by atoms with van der Waals surface area (Å²) in [4.78, 5) is 0. The lowest BCUT2D eigenvalue weighted by Gasteiger charge is -2.10. The van der Waals surface area contributed by atoms with E-state index in [2.05, 4.69) is 15.5 Å². The molecule has 6 heteroatoms. The Bertz CT molecular complexity index is 662. The smallest absolute Gasteiger partial charge is 0.447 e. The van der Waals surface area contributed by atoms with Gasteiger partial charge in [0.25, 0.3) is 6.29 Å². The van der Waals surface area contributed by atoms with Crippen LogP contribution in [-0.2, 0) is 0 Å². The van der Waals surface area contributed by atoms with Gasteiger partial charge in [-0.15, -0.1) is 8.78 Å².